The Morgan fingerprint density at radius 1 is 1.35 bits per heavy atom. The number of nitrogens with two attached hydrogens (primary N) is 1. The monoisotopic (exact) mass is 311 g/mol. The van der Waals surface area contributed by atoms with Crippen molar-refractivity contribution in [3.63, 3.8) is 0 Å². The van der Waals surface area contributed by atoms with Gasteiger partial charge in [-0.15, -0.1) is 0 Å². The van der Waals surface area contributed by atoms with E-state index < -0.39 is 33.4 Å². The van der Waals surface area contributed by atoms with Crippen molar-refractivity contribution in [2.75, 3.05) is 18.9 Å². The standard InChI is InChI=1S/C12H16F3NO3S/c1-2-19-10(7-16)8-20(17,18)11-5-3-4-9(6-11)12(13,14)15/h3-6,10H,2,7-8,16H2,1H3. The minimum absolute atomic E-state index is 0.0218. The third-order valence-corrected chi connectivity index (χ3v) is 4.37. The van der Waals surface area contributed by atoms with Crippen molar-refractivity contribution < 1.29 is 26.3 Å². The fourth-order valence-electron chi connectivity index (χ4n) is 1.63. The van der Waals surface area contributed by atoms with Crippen LogP contribution in [0.4, 0.5) is 13.2 Å². The molecule has 1 atom stereocenters. The fraction of sp³-hybridized carbons (Fsp3) is 0.500. The number of hydrogen-bond donors (Lipinski definition) is 1. The molecule has 20 heavy (non-hydrogen) atoms. The van der Waals surface area contributed by atoms with E-state index >= 15 is 0 Å². The Bertz CT molecular complexity index is 543. The summed E-state index contributed by atoms with van der Waals surface area (Å²) in [7, 11) is -3.88. The topological polar surface area (TPSA) is 69.4 Å². The van der Waals surface area contributed by atoms with Gasteiger partial charge in [0.15, 0.2) is 9.84 Å². The van der Waals surface area contributed by atoms with Crippen LogP contribution in [0.2, 0.25) is 0 Å². The summed E-state index contributed by atoms with van der Waals surface area (Å²) in [6, 6.07) is 3.63. The van der Waals surface area contributed by atoms with Crippen LogP contribution in [0.15, 0.2) is 29.2 Å². The molecule has 0 bridgehead atoms. The van der Waals surface area contributed by atoms with Crippen LogP contribution < -0.4 is 5.73 Å². The smallest absolute Gasteiger partial charge is 0.376 e. The maximum atomic E-state index is 12.6. The number of ether oxygens (including phenoxy) is 1. The van der Waals surface area contributed by atoms with Crippen molar-refractivity contribution >= 4 is 9.84 Å². The lowest BCUT2D eigenvalue weighted by Crippen LogP contribution is -2.31. The molecule has 4 nitrogen and oxygen atoms in total. The molecular weight excluding hydrogens is 295 g/mol. The summed E-state index contributed by atoms with van der Waals surface area (Å²) < 4.78 is 66.9. The molecule has 2 N–H and O–H groups in total. The molecule has 0 saturated carbocycles. The van der Waals surface area contributed by atoms with Crippen LogP contribution in [0, 0.1) is 0 Å². The number of benzene rings is 1. The molecule has 0 heterocycles. The van der Waals surface area contributed by atoms with Crippen molar-refractivity contribution in [3.05, 3.63) is 29.8 Å². The first-order valence-corrected chi connectivity index (χ1v) is 7.57. The van der Waals surface area contributed by atoms with Gasteiger partial charge >= 0.3 is 6.18 Å². The lowest BCUT2D eigenvalue weighted by atomic mass is 10.2. The Morgan fingerprint density at radius 2 is 2.00 bits per heavy atom. The molecule has 0 radical (unpaired) electrons. The van der Waals surface area contributed by atoms with E-state index in [0.29, 0.717) is 6.07 Å². The number of rotatable bonds is 6. The van der Waals surface area contributed by atoms with Gasteiger partial charge in [-0.1, -0.05) is 6.07 Å². The Kier molecular flexibility index (Phi) is 5.55. The maximum absolute atomic E-state index is 12.6. The summed E-state index contributed by atoms with van der Waals surface area (Å²) in [6.45, 7) is 1.94. The second-order valence-electron chi connectivity index (χ2n) is 4.12. The maximum Gasteiger partial charge on any atom is 0.416 e. The van der Waals surface area contributed by atoms with Gasteiger partial charge in [-0.05, 0) is 25.1 Å². The second kappa shape index (κ2) is 6.55. The molecule has 0 amide bonds. The van der Waals surface area contributed by atoms with Crippen molar-refractivity contribution in [2.24, 2.45) is 5.73 Å². The van der Waals surface area contributed by atoms with E-state index in [-0.39, 0.29) is 18.0 Å². The van der Waals surface area contributed by atoms with Crippen LogP contribution in [0.3, 0.4) is 0 Å². The molecule has 8 heteroatoms. The van der Waals surface area contributed by atoms with Gasteiger partial charge < -0.3 is 10.5 Å². The highest BCUT2D eigenvalue weighted by Crippen LogP contribution is 2.30. The van der Waals surface area contributed by atoms with E-state index in [4.69, 9.17) is 10.5 Å². The molecule has 0 aliphatic rings. The predicted octanol–water partition coefficient (Wildman–Crippen LogP) is 1.84. The van der Waals surface area contributed by atoms with Crippen LogP contribution in [0.25, 0.3) is 0 Å². The van der Waals surface area contributed by atoms with Gasteiger partial charge in [-0.3, -0.25) is 0 Å². The highest BCUT2D eigenvalue weighted by molar-refractivity contribution is 7.91. The van der Waals surface area contributed by atoms with E-state index in [1.54, 1.807) is 6.92 Å². The quantitative estimate of drug-likeness (QED) is 0.870. The molecular formula is C12H16F3NO3S. The van der Waals surface area contributed by atoms with Gasteiger partial charge in [-0.25, -0.2) is 8.42 Å². The van der Waals surface area contributed by atoms with E-state index in [0.717, 1.165) is 18.2 Å². The average molecular weight is 311 g/mol. The lowest BCUT2D eigenvalue weighted by molar-refractivity contribution is -0.137. The SMILES string of the molecule is CCOC(CN)CS(=O)(=O)c1cccc(C(F)(F)F)c1. The number of hydrogen-bond acceptors (Lipinski definition) is 4. The minimum atomic E-state index is -4.58. The van der Waals surface area contributed by atoms with Gasteiger partial charge in [0, 0.05) is 13.2 Å². The Morgan fingerprint density at radius 3 is 2.50 bits per heavy atom. The first-order chi connectivity index (χ1) is 9.20. The average Bonchev–Trinajstić information content (AvgIpc) is 2.37. The van der Waals surface area contributed by atoms with Gasteiger partial charge in [0.2, 0.25) is 0 Å². The Balaban J connectivity index is 3.04. The third kappa shape index (κ3) is 4.46. The summed E-state index contributed by atoms with van der Waals surface area (Å²) in [4.78, 5) is -0.384. The molecule has 0 aliphatic carbocycles. The summed E-state index contributed by atoms with van der Waals surface area (Å²) in [6.07, 6.45) is -5.32. The molecule has 1 aromatic carbocycles. The summed E-state index contributed by atoms with van der Waals surface area (Å²) in [5.41, 5.74) is 4.37. The second-order valence-corrected chi connectivity index (χ2v) is 6.15. The highest BCUT2D eigenvalue weighted by Gasteiger charge is 2.32. The van der Waals surface area contributed by atoms with Crippen molar-refractivity contribution in [3.8, 4) is 0 Å². The van der Waals surface area contributed by atoms with E-state index in [1.807, 2.05) is 0 Å². The van der Waals surface area contributed by atoms with Crippen molar-refractivity contribution in [1.29, 1.82) is 0 Å². The summed E-state index contributed by atoms with van der Waals surface area (Å²) >= 11 is 0. The minimum Gasteiger partial charge on any atom is -0.376 e. The van der Waals surface area contributed by atoms with Crippen LogP contribution in [0.1, 0.15) is 12.5 Å². The number of halogens is 3. The normalized spacial score (nSPS) is 14.2. The van der Waals surface area contributed by atoms with E-state index in [2.05, 4.69) is 0 Å². The number of alkyl halides is 3. The van der Waals surface area contributed by atoms with E-state index in [9.17, 15) is 21.6 Å². The Labute approximate surface area is 115 Å². The molecule has 0 saturated heterocycles. The van der Waals surface area contributed by atoms with Crippen LogP contribution in [-0.4, -0.2) is 33.4 Å². The highest BCUT2D eigenvalue weighted by atomic mass is 32.2. The molecule has 0 spiro atoms. The molecule has 1 rings (SSSR count). The zero-order valence-electron chi connectivity index (χ0n) is 10.9. The van der Waals surface area contributed by atoms with Gasteiger partial charge in [0.1, 0.15) is 0 Å². The van der Waals surface area contributed by atoms with Crippen LogP contribution in [-0.2, 0) is 20.8 Å². The van der Waals surface area contributed by atoms with E-state index in [1.165, 1.54) is 0 Å². The zero-order chi connectivity index (χ0) is 15.4. The first kappa shape index (κ1) is 16.9. The molecule has 0 aromatic heterocycles. The zero-order valence-corrected chi connectivity index (χ0v) is 11.7. The predicted molar refractivity (Wildman–Crippen MR) is 68.0 cm³/mol. The fourth-order valence-corrected chi connectivity index (χ4v) is 3.13. The molecule has 0 aliphatic heterocycles. The first-order valence-electron chi connectivity index (χ1n) is 5.92. The summed E-state index contributed by atoms with van der Waals surface area (Å²) in [5, 5.41) is 0. The lowest BCUT2D eigenvalue weighted by Gasteiger charge is -2.15. The largest absolute Gasteiger partial charge is 0.416 e. The van der Waals surface area contributed by atoms with Crippen molar-refractivity contribution in [1.82, 2.24) is 0 Å². The van der Waals surface area contributed by atoms with Gasteiger partial charge in [0.05, 0.1) is 22.3 Å². The van der Waals surface area contributed by atoms with Gasteiger partial charge in [0.25, 0.3) is 0 Å². The van der Waals surface area contributed by atoms with Crippen LogP contribution in [0.5, 0.6) is 0 Å². The molecule has 114 valence electrons. The summed E-state index contributed by atoms with van der Waals surface area (Å²) in [5.74, 6) is -0.446. The Hall–Kier alpha value is -1.12. The van der Waals surface area contributed by atoms with Gasteiger partial charge in [-0.2, -0.15) is 13.2 Å². The van der Waals surface area contributed by atoms with Crippen molar-refractivity contribution in [2.45, 2.75) is 24.1 Å². The third-order valence-electron chi connectivity index (χ3n) is 2.59. The van der Waals surface area contributed by atoms with Crippen LogP contribution >= 0.6 is 0 Å². The number of sulfone groups is 1. The molecule has 1 aromatic rings. The molecule has 0 fully saturated rings. The molecule has 1 unspecified atom stereocenters.